The van der Waals surface area contributed by atoms with Crippen molar-refractivity contribution < 1.29 is 9.59 Å². The van der Waals surface area contributed by atoms with Crippen molar-refractivity contribution in [3.63, 3.8) is 0 Å². The fraction of sp³-hybridized carbons (Fsp3) is 0. The molecule has 0 spiro atoms. The summed E-state index contributed by atoms with van der Waals surface area (Å²) in [7, 11) is 0. The van der Waals surface area contributed by atoms with Crippen molar-refractivity contribution in [2.75, 3.05) is 4.90 Å². The Labute approximate surface area is 207 Å². The number of allylic oxidation sites excluding steroid dienone is 1. The van der Waals surface area contributed by atoms with E-state index in [1.165, 1.54) is 24.4 Å². The number of Topliss-reactive ketones (excluding diaryl/α,β-unsaturated/α-hetero) is 2. The molecule has 4 heterocycles. The first kappa shape index (κ1) is 19.8. The molecule has 0 saturated heterocycles. The minimum atomic E-state index is -0.166. The summed E-state index contributed by atoms with van der Waals surface area (Å²) in [6, 6.07) is 20.1. The molecule has 1 aliphatic heterocycles. The van der Waals surface area contributed by atoms with Crippen molar-refractivity contribution in [3.05, 3.63) is 92.6 Å². The monoisotopic (exact) mass is 547 g/mol. The molecule has 158 valence electrons. The zero-order chi connectivity index (χ0) is 22.1. The zero-order valence-corrected chi connectivity index (χ0v) is 21.1. The van der Waals surface area contributed by atoms with Crippen molar-refractivity contribution >= 4 is 93.3 Å². The van der Waals surface area contributed by atoms with E-state index in [-0.39, 0.29) is 31.6 Å². The summed E-state index contributed by atoms with van der Waals surface area (Å²) in [4.78, 5) is 28.6. The number of carbonyl (C=O) groups excluding carboxylic acids is 2. The molecular formula is C26H13NO2S3Se. The van der Waals surface area contributed by atoms with Crippen molar-refractivity contribution in [2.24, 2.45) is 0 Å². The second-order valence-electron chi connectivity index (χ2n) is 7.76. The normalized spacial score (nSPS) is 14.5. The number of fused-ring (bicyclic) bond motifs is 4. The van der Waals surface area contributed by atoms with E-state index < -0.39 is 0 Å². The summed E-state index contributed by atoms with van der Waals surface area (Å²) in [6.07, 6.45) is 1.82. The van der Waals surface area contributed by atoms with E-state index in [2.05, 4.69) is 39.9 Å². The van der Waals surface area contributed by atoms with Crippen LogP contribution in [0.15, 0.2) is 85.4 Å². The van der Waals surface area contributed by atoms with Gasteiger partial charge in [-0.2, -0.15) is 0 Å². The van der Waals surface area contributed by atoms with Crippen LogP contribution in [0.5, 0.6) is 0 Å². The van der Waals surface area contributed by atoms with Crippen LogP contribution < -0.4 is 4.90 Å². The van der Waals surface area contributed by atoms with E-state index in [4.69, 9.17) is 0 Å². The molecule has 0 unspecified atom stereocenters. The molecule has 7 heteroatoms. The Morgan fingerprint density at radius 2 is 1.36 bits per heavy atom. The first-order valence-electron chi connectivity index (χ1n) is 10.2. The summed E-state index contributed by atoms with van der Waals surface area (Å²) in [6.45, 7) is 0. The van der Waals surface area contributed by atoms with Gasteiger partial charge in [-0.25, -0.2) is 0 Å². The number of nitrogens with zero attached hydrogens (tertiary/aromatic N) is 1. The van der Waals surface area contributed by atoms with Crippen LogP contribution >= 0.6 is 34.4 Å². The van der Waals surface area contributed by atoms with Crippen LogP contribution in [0.25, 0.3) is 16.8 Å². The molecule has 3 aromatic heterocycles. The Hall–Kier alpha value is -2.67. The van der Waals surface area contributed by atoms with E-state index in [1.807, 2.05) is 54.2 Å². The second-order valence-corrected chi connectivity index (χ2v) is 13.4. The molecule has 2 aromatic carbocycles. The zero-order valence-electron chi connectivity index (χ0n) is 16.9. The van der Waals surface area contributed by atoms with Crippen LogP contribution in [-0.2, 0) is 0 Å². The minimum absolute atomic E-state index is 0.00648. The van der Waals surface area contributed by atoms with Gasteiger partial charge in [0.25, 0.3) is 0 Å². The third kappa shape index (κ3) is 3.01. The number of hydrogen-bond donors (Lipinski definition) is 0. The molecule has 0 radical (unpaired) electrons. The van der Waals surface area contributed by atoms with E-state index in [1.54, 1.807) is 22.7 Å². The average Bonchev–Trinajstić information content (AvgIpc) is 3.62. The fourth-order valence-corrected chi connectivity index (χ4v) is 9.66. The molecule has 0 atom stereocenters. The molecule has 0 amide bonds. The van der Waals surface area contributed by atoms with Gasteiger partial charge in [0.05, 0.1) is 0 Å². The van der Waals surface area contributed by atoms with Crippen molar-refractivity contribution in [2.45, 2.75) is 8.42 Å². The molecule has 5 aromatic rings. The molecule has 0 bridgehead atoms. The Bertz CT molecular complexity index is 1560. The SMILES string of the molecule is O=C1C(=Cc2ccc(N3c4ccsc4Sc4sccc43)[se]2)C(=O)c2cc3ccccc3cc21. The van der Waals surface area contributed by atoms with Crippen LogP contribution in [-0.4, -0.2) is 26.1 Å². The second kappa shape index (κ2) is 7.42. The summed E-state index contributed by atoms with van der Waals surface area (Å²) < 4.78 is 4.86. The molecule has 0 saturated carbocycles. The third-order valence-electron chi connectivity index (χ3n) is 5.87. The Morgan fingerprint density at radius 1 is 0.758 bits per heavy atom. The van der Waals surface area contributed by atoms with Crippen LogP contribution in [0.1, 0.15) is 25.2 Å². The maximum atomic E-state index is 13.1. The van der Waals surface area contributed by atoms with E-state index >= 15 is 0 Å². The van der Waals surface area contributed by atoms with Crippen LogP contribution in [0.2, 0.25) is 0 Å². The van der Waals surface area contributed by atoms with Gasteiger partial charge in [-0.3, -0.25) is 0 Å². The molecule has 0 N–H and O–H groups in total. The Morgan fingerprint density at radius 3 is 1.97 bits per heavy atom. The Kier molecular flexibility index (Phi) is 4.44. The molecule has 1 aliphatic carbocycles. The van der Waals surface area contributed by atoms with Gasteiger partial charge in [0.1, 0.15) is 0 Å². The van der Waals surface area contributed by atoms with Gasteiger partial charge in [0.2, 0.25) is 0 Å². The quantitative estimate of drug-likeness (QED) is 0.129. The standard InChI is InChI=1S/C26H13NO2S3Se/c28-23-17-11-14-3-1-2-4-15(14)12-18(17)24(29)19(23)13-16-5-6-22(33-16)27-20-7-9-30-25(20)32-26-21(27)8-10-31-26/h1-13H. The maximum absolute atomic E-state index is 13.1. The number of benzene rings is 2. The summed E-state index contributed by atoms with van der Waals surface area (Å²) in [5, 5.41) is 6.23. The van der Waals surface area contributed by atoms with Gasteiger partial charge in [0.15, 0.2) is 0 Å². The number of hydrogen-bond acceptors (Lipinski definition) is 6. The summed E-state index contributed by atoms with van der Waals surface area (Å²) in [5.74, 6) is -0.332. The number of ketones is 2. The predicted octanol–water partition coefficient (Wildman–Crippen LogP) is 7.42. The van der Waals surface area contributed by atoms with E-state index in [9.17, 15) is 9.59 Å². The number of carbonyl (C=O) groups is 2. The van der Waals surface area contributed by atoms with Crippen molar-refractivity contribution in [1.82, 2.24) is 0 Å². The van der Waals surface area contributed by atoms with E-state index in [0.29, 0.717) is 11.1 Å². The molecule has 2 aliphatic rings. The van der Waals surface area contributed by atoms with Crippen LogP contribution in [0.3, 0.4) is 0 Å². The van der Waals surface area contributed by atoms with Gasteiger partial charge >= 0.3 is 209 Å². The van der Waals surface area contributed by atoms with Gasteiger partial charge in [-0.15, -0.1) is 0 Å². The number of thiophene rings is 2. The predicted molar refractivity (Wildman–Crippen MR) is 139 cm³/mol. The van der Waals surface area contributed by atoms with Gasteiger partial charge in [-0.05, 0) is 0 Å². The fourth-order valence-electron chi connectivity index (χ4n) is 4.34. The molecular weight excluding hydrogens is 533 g/mol. The molecule has 7 rings (SSSR count). The average molecular weight is 547 g/mol. The van der Waals surface area contributed by atoms with Crippen LogP contribution in [0.4, 0.5) is 15.9 Å². The van der Waals surface area contributed by atoms with Crippen molar-refractivity contribution in [1.29, 1.82) is 0 Å². The van der Waals surface area contributed by atoms with Crippen molar-refractivity contribution in [3.8, 4) is 0 Å². The van der Waals surface area contributed by atoms with Gasteiger partial charge in [0, 0.05) is 0 Å². The Balaban J connectivity index is 1.29. The first-order chi connectivity index (χ1) is 16.2. The van der Waals surface area contributed by atoms with Gasteiger partial charge < -0.3 is 0 Å². The summed E-state index contributed by atoms with van der Waals surface area (Å²) >= 11 is 5.36. The topological polar surface area (TPSA) is 37.4 Å². The van der Waals surface area contributed by atoms with E-state index in [0.717, 1.165) is 15.2 Å². The first-order valence-corrected chi connectivity index (χ1v) is 14.5. The third-order valence-corrected chi connectivity index (χ3v) is 11.3. The number of rotatable bonds is 2. The molecule has 0 fully saturated rings. The molecule has 33 heavy (non-hydrogen) atoms. The summed E-state index contributed by atoms with van der Waals surface area (Å²) in [5.41, 5.74) is 3.76. The number of anilines is 3. The molecule has 3 nitrogen and oxygen atoms in total. The van der Waals surface area contributed by atoms with Crippen LogP contribution in [0, 0.1) is 0 Å². The van der Waals surface area contributed by atoms with Gasteiger partial charge in [-0.1, -0.05) is 0 Å².